The Kier molecular flexibility index (Phi) is 2.93. The molecular weight excluding hydrogens is 188 g/mol. The van der Waals surface area contributed by atoms with E-state index in [0.29, 0.717) is 11.6 Å². The number of hydrogen-bond donors (Lipinski definition) is 0. The third-order valence-corrected chi connectivity index (χ3v) is 3.05. The van der Waals surface area contributed by atoms with Crippen LogP contribution in [0.25, 0.3) is 0 Å². The summed E-state index contributed by atoms with van der Waals surface area (Å²) in [7, 11) is 0. The summed E-state index contributed by atoms with van der Waals surface area (Å²) in [6.07, 6.45) is 8.08. The van der Waals surface area contributed by atoms with Crippen LogP contribution in [0.2, 0.25) is 0 Å². The van der Waals surface area contributed by atoms with Crippen molar-refractivity contribution in [3.8, 4) is 0 Å². The van der Waals surface area contributed by atoms with Gasteiger partial charge in [0.25, 0.3) is 0 Å². The van der Waals surface area contributed by atoms with E-state index in [1.54, 1.807) is 6.08 Å². The molecule has 1 heterocycles. The van der Waals surface area contributed by atoms with Crippen molar-refractivity contribution in [2.24, 2.45) is 4.99 Å². The van der Waals surface area contributed by atoms with Crippen LogP contribution in [-0.4, -0.2) is 11.1 Å². The Bertz CT molecular complexity index is 404. The van der Waals surface area contributed by atoms with Gasteiger partial charge in [-0.3, -0.25) is 4.98 Å². The van der Waals surface area contributed by atoms with Crippen molar-refractivity contribution in [2.75, 3.05) is 0 Å². The first-order valence-electron chi connectivity index (χ1n) is 5.42. The van der Waals surface area contributed by atoms with E-state index in [-0.39, 0.29) is 0 Å². The fourth-order valence-electron chi connectivity index (χ4n) is 1.88. The quantitative estimate of drug-likeness (QED) is 0.558. The summed E-state index contributed by atoms with van der Waals surface area (Å²) in [5.41, 5.74) is 2.78. The average Bonchev–Trinajstić information content (AvgIpc) is 2.16. The number of aromatic nitrogens is 1. The number of nitrogens with zero attached hydrogens (tertiary/aromatic N) is 2. The van der Waals surface area contributed by atoms with E-state index in [1.165, 1.54) is 24.8 Å². The van der Waals surface area contributed by atoms with Gasteiger partial charge in [-0.1, -0.05) is 13.3 Å². The van der Waals surface area contributed by atoms with E-state index < -0.39 is 0 Å². The lowest BCUT2D eigenvalue weighted by Crippen LogP contribution is -2.09. The van der Waals surface area contributed by atoms with Crippen LogP contribution in [0.3, 0.4) is 0 Å². The second-order valence-corrected chi connectivity index (χ2v) is 3.92. The lowest BCUT2D eigenvalue weighted by molar-refractivity contribution is 0.419. The van der Waals surface area contributed by atoms with Crippen LogP contribution in [0.1, 0.15) is 43.4 Å². The molecule has 2 rings (SSSR count). The SMILES string of the molecule is CCc1ncc(C2CCC2)cc1N=C=O. The molecule has 1 aromatic heterocycles. The van der Waals surface area contributed by atoms with Gasteiger partial charge in [-0.05, 0) is 36.8 Å². The highest BCUT2D eigenvalue weighted by Gasteiger charge is 2.20. The molecule has 1 aliphatic carbocycles. The van der Waals surface area contributed by atoms with Gasteiger partial charge in [0.15, 0.2) is 0 Å². The minimum atomic E-state index is 0.629. The maximum Gasteiger partial charge on any atom is 0.240 e. The molecule has 1 aliphatic rings. The smallest absolute Gasteiger partial charge is 0.240 e. The van der Waals surface area contributed by atoms with Crippen molar-refractivity contribution in [1.82, 2.24) is 4.98 Å². The fraction of sp³-hybridized carbons (Fsp3) is 0.500. The van der Waals surface area contributed by atoms with Crippen molar-refractivity contribution in [3.63, 3.8) is 0 Å². The molecule has 1 fully saturated rings. The molecule has 3 heteroatoms. The summed E-state index contributed by atoms with van der Waals surface area (Å²) in [5, 5.41) is 0. The van der Waals surface area contributed by atoms with Crippen LogP contribution in [0, 0.1) is 0 Å². The predicted molar refractivity (Wildman–Crippen MR) is 58.0 cm³/mol. The van der Waals surface area contributed by atoms with E-state index in [9.17, 15) is 4.79 Å². The van der Waals surface area contributed by atoms with Crippen LogP contribution in [0.15, 0.2) is 17.3 Å². The lowest BCUT2D eigenvalue weighted by atomic mass is 9.80. The molecule has 0 saturated heterocycles. The lowest BCUT2D eigenvalue weighted by Gasteiger charge is -2.25. The van der Waals surface area contributed by atoms with Gasteiger partial charge in [0.2, 0.25) is 6.08 Å². The van der Waals surface area contributed by atoms with E-state index in [2.05, 4.69) is 9.98 Å². The summed E-state index contributed by atoms with van der Waals surface area (Å²) in [4.78, 5) is 18.3. The molecule has 1 aromatic rings. The predicted octanol–water partition coefficient (Wildman–Crippen LogP) is 2.88. The van der Waals surface area contributed by atoms with Gasteiger partial charge in [-0.25, -0.2) is 4.79 Å². The number of aryl methyl sites for hydroxylation is 1. The van der Waals surface area contributed by atoms with Gasteiger partial charge in [0.05, 0.1) is 11.4 Å². The molecule has 15 heavy (non-hydrogen) atoms. The molecule has 0 unspecified atom stereocenters. The van der Waals surface area contributed by atoms with Crippen LogP contribution < -0.4 is 0 Å². The molecule has 0 bridgehead atoms. The minimum Gasteiger partial charge on any atom is -0.259 e. The molecule has 1 saturated carbocycles. The number of aliphatic imine (C=N–C) groups is 1. The maximum absolute atomic E-state index is 10.3. The van der Waals surface area contributed by atoms with Gasteiger partial charge in [0.1, 0.15) is 0 Å². The fourth-order valence-corrected chi connectivity index (χ4v) is 1.88. The summed E-state index contributed by atoms with van der Waals surface area (Å²) >= 11 is 0. The monoisotopic (exact) mass is 202 g/mol. The summed E-state index contributed by atoms with van der Waals surface area (Å²) < 4.78 is 0. The molecule has 0 radical (unpaired) electrons. The molecule has 3 nitrogen and oxygen atoms in total. The molecule has 0 aliphatic heterocycles. The van der Waals surface area contributed by atoms with E-state index in [4.69, 9.17) is 0 Å². The van der Waals surface area contributed by atoms with Crippen molar-refractivity contribution in [1.29, 1.82) is 0 Å². The largest absolute Gasteiger partial charge is 0.259 e. The van der Waals surface area contributed by atoms with Crippen molar-refractivity contribution >= 4 is 11.8 Å². The molecule has 0 atom stereocenters. The number of pyridine rings is 1. The number of hydrogen-bond acceptors (Lipinski definition) is 3. The third-order valence-electron chi connectivity index (χ3n) is 3.05. The van der Waals surface area contributed by atoms with Gasteiger partial charge in [0, 0.05) is 6.20 Å². The summed E-state index contributed by atoms with van der Waals surface area (Å²) in [5.74, 6) is 0.629. The average molecular weight is 202 g/mol. The normalized spacial score (nSPS) is 15.5. The zero-order valence-corrected chi connectivity index (χ0v) is 8.86. The highest BCUT2D eigenvalue weighted by Crippen LogP contribution is 2.37. The Morgan fingerprint density at radius 1 is 1.60 bits per heavy atom. The summed E-state index contributed by atoms with van der Waals surface area (Å²) in [6.45, 7) is 2.01. The van der Waals surface area contributed by atoms with E-state index >= 15 is 0 Å². The maximum atomic E-state index is 10.3. The van der Waals surface area contributed by atoms with Crippen molar-refractivity contribution in [2.45, 2.75) is 38.5 Å². The number of carbonyl (C=O) groups excluding carboxylic acids is 1. The Labute approximate surface area is 89.3 Å². The second-order valence-electron chi connectivity index (χ2n) is 3.92. The van der Waals surface area contributed by atoms with Crippen LogP contribution in [0.4, 0.5) is 5.69 Å². The second kappa shape index (κ2) is 4.37. The first-order valence-corrected chi connectivity index (χ1v) is 5.42. The molecule has 0 aromatic carbocycles. The Morgan fingerprint density at radius 3 is 2.93 bits per heavy atom. The van der Waals surface area contributed by atoms with Gasteiger partial charge in [-0.2, -0.15) is 4.99 Å². The highest BCUT2D eigenvalue weighted by molar-refractivity contribution is 5.53. The van der Waals surface area contributed by atoms with Crippen LogP contribution >= 0.6 is 0 Å². The number of rotatable bonds is 3. The molecule has 0 amide bonds. The van der Waals surface area contributed by atoms with Gasteiger partial charge >= 0.3 is 0 Å². The third kappa shape index (κ3) is 1.97. The Balaban J connectivity index is 2.34. The molecular formula is C12H14N2O. The topological polar surface area (TPSA) is 42.3 Å². The van der Waals surface area contributed by atoms with Crippen molar-refractivity contribution < 1.29 is 4.79 Å². The molecule has 0 spiro atoms. The highest BCUT2D eigenvalue weighted by atomic mass is 16.1. The Hall–Kier alpha value is -1.47. The van der Waals surface area contributed by atoms with Gasteiger partial charge in [-0.15, -0.1) is 0 Å². The standard InChI is InChI=1S/C12H14N2O/c1-2-11-12(14-8-15)6-10(7-13-11)9-4-3-5-9/h6-7,9H,2-5H2,1H3. The Morgan fingerprint density at radius 2 is 2.40 bits per heavy atom. The van der Waals surface area contributed by atoms with Crippen molar-refractivity contribution in [3.05, 3.63) is 23.5 Å². The summed E-state index contributed by atoms with van der Waals surface area (Å²) in [6, 6.07) is 1.99. The molecule has 78 valence electrons. The zero-order chi connectivity index (χ0) is 10.7. The first-order chi connectivity index (χ1) is 7.35. The van der Waals surface area contributed by atoms with Crippen LogP contribution in [-0.2, 0) is 11.2 Å². The van der Waals surface area contributed by atoms with Gasteiger partial charge < -0.3 is 0 Å². The molecule has 0 N–H and O–H groups in total. The first kappa shape index (κ1) is 10.1. The van der Waals surface area contributed by atoms with E-state index in [0.717, 1.165) is 12.1 Å². The minimum absolute atomic E-state index is 0.629. The zero-order valence-electron chi connectivity index (χ0n) is 8.86. The number of isocyanates is 1. The van der Waals surface area contributed by atoms with E-state index in [1.807, 2.05) is 19.2 Å². The van der Waals surface area contributed by atoms with Crippen LogP contribution in [0.5, 0.6) is 0 Å².